The van der Waals surface area contributed by atoms with Gasteiger partial charge in [0.15, 0.2) is 0 Å². The molecule has 0 fully saturated rings. The summed E-state index contributed by atoms with van der Waals surface area (Å²) in [7, 11) is 0. The normalized spacial score (nSPS) is 10.3. The fraction of sp³-hybridized carbons (Fsp3) is 0.250. The van der Waals surface area contributed by atoms with E-state index in [0.717, 1.165) is 35.0 Å². The number of aromatic nitrogens is 2. The molecular formula is C12H14N4S2. The number of hydrogen-bond donors (Lipinski definition) is 2. The second kappa shape index (κ2) is 5.88. The molecule has 2 aromatic rings. The van der Waals surface area contributed by atoms with Gasteiger partial charge in [-0.25, -0.2) is 9.97 Å². The lowest BCUT2D eigenvalue weighted by atomic mass is 10.2. The molecule has 2 heterocycles. The molecule has 0 aromatic carbocycles. The fourth-order valence-electron chi connectivity index (χ4n) is 1.58. The summed E-state index contributed by atoms with van der Waals surface area (Å²) in [5, 5.41) is 6.40. The summed E-state index contributed by atoms with van der Waals surface area (Å²) in [6, 6.07) is 3.69. The highest BCUT2D eigenvalue weighted by atomic mass is 32.1. The van der Waals surface area contributed by atoms with Crippen molar-refractivity contribution in [3.05, 3.63) is 40.0 Å². The van der Waals surface area contributed by atoms with Crippen molar-refractivity contribution in [2.24, 2.45) is 5.73 Å². The number of anilines is 1. The molecule has 6 heteroatoms. The van der Waals surface area contributed by atoms with Gasteiger partial charge in [0.2, 0.25) is 0 Å². The first-order valence-corrected chi connectivity index (χ1v) is 6.85. The predicted molar refractivity (Wildman–Crippen MR) is 79.2 cm³/mol. The summed E-state index contributed by atoms with van der Waals surface area (Å²) in [5.74, 6) is 0.733. The number of aryl methyl sites for hydroxylation is 1. The summed E-state index contributed by atoms with van der Waals surface area (Å²) in [6.45, 7) is 2.76. The highest BCUT2D eigenvalue weighted by Gasteiger charge is 2.05. The Labute approximate surface area is 115 Å². The van der Waals surface area contributed by atoms with Gasteiger partial charge in [0.1, 0.15) is 10.8 Å². The lowest BCUT2D eigenvalue weighted by Gasteiger charge is -2.08. The van der Waals surface area contributed by atoms with Crippen LogP contribution in [-0.2, 0) is 6.42 Å². The first-order valence-electron chi connectivity index (χ1n) is 5.56. The van der Waals surface area contributed by atoms with Crippen LogP contribution in [0.4, 0.5) is 5.82 Å². The van der Waals surface area contributed by atoms with Crippen LogP contribution in [0.2, 0.25) is 0 Å². The molecule has 2 aromatic heterocycles. The molecule has 0 bridgehead atoms. The van der Waals surface area contributed by atoms with Gasteiger partial charge < -0.3 is 11.1 Å². The van der Waals surface area contributed by atoms with Crippen LogP contribution in [0.5, 0.6) is 0 Å². The van der Waals surface area contributed by atoms with Gasteiger partial charge in [0.05, 0.1) is 16.3 Å². The summed E-state index contributed by atoms with van der Waals surface area (Å²) in [6.07, 6.45) is 2.58. The third-order valence-electron chi connectivity index (χ3n) is 2.41. The van der Waals surface area contributed by atoms with Crippen molar-refractivity contribution in [3.63, 3.8) is 0 Å². The van der Waals surface area contributed by atoms with E-state index in [1.54, 1.807) is 17.5 Å². The Morgan fingerprint density at radius 2 is 2.39 bits per heavy atom. The Bertz CT molecular complexity index is 551. The second-order valence-corrected chi connectivity index (χ2v) is 5.30. The van der Waals surface area contributed by atoms with Crippen molar-refractivity contribution in [3.8, 4) is 0 Å². The highest BCUT2D eigenvalue weighted by molar-refractivity contribution is 7.80. The van der Waals surface area contributed by atoms with Crippen LogP contribution >= 0.6 is 23.6 Å². The third-order valence-corrected chi connectivity index (χ3v) is 3.46. The summed E-state index contributed by atoms with van der Waals surface area (Å²) in [4.78, 5) is 9.00. The van der Waals surface area contributed by atoms with E-state index >= 15 is 0 Å². The molecule has 0 aliphatic heterocycles. The van der Waals surface area contributed by atoms with Crippen LogP contribution in [0.1, 0.15) is 16.3 Å². The Balaban J connectivity index is 1.96. The lowest BCUT2D eigenvalue weighted by molar-refractivity contribution is 0.960. The summed E-state index contributed by atoms with van der Waals surface area (Å²) >= 11 is 6.65. The monoisotopic (exact) mass is 278 g/mol. The molecule has 4 nitrogen and oxygen atoms in total. The van der Waals surface area contributed by atoms with Crippen LogP contribution in [0.3, 0.4) is 0 Å². The Kier molecular flexibility index (Phi) is 4.22. The standard InChI is InChI=1S/C12H14N4S2/c1-8-16-9(7-18-8)4-6-15-12-10(11(13)17)3-2-5-14-12/h2-3,5,7H,4,6H2,1H3,(H2,13,17)(H,14,15). The van der Waals surface area contributed by atoms with Crippen molar-refractivity contribution in [2.75, 3.05) is 11.9 Å². The average Bonchev–Trinajstić information content (AvgIpc) is 2.75. The van der Waals surface area contributed by atoms with Gasteiger partial charge in [-0.3, -0.25) is 0 Å². The van der Waals surface area contributed by atoms with Crippen molar-refractivity contribution < 1.29 is 0 Å². The number of nitrogens with one attached hydrogen (secondary N) is 1. The first kappa shape index (κ1) is 12.9. The molecule has 0 aliphatic carbocycles. The van der Waals surface area contributed by atoms with Crippen LogP contribution in [-0.4, -0.2) is 21.5 Å². The maximum absolute atomic E-state index is 5.64. The zero-order valence-electron chi connectivity index (χ0n) is 10.0. The van der Waals surface area contributed by atoms with Gasteiger partial charge in [-0.2, -0.15) is 0 Å². The molecule has 3 N–H and O–H groups in total. The number of thiazole rings is 1. The van der Waals surface area contributed by atoms with E-state index in [0.29, 0.717) is 4.99 Å². The minimum Gasteiger partial charge on any atom is -0.389 e. The molecule has 94 valence electrons. The number of nitrogens with zero attached hydrogens (tertiary/aromatic N) is 2. The summed E-state index contributed by atoms with van der Waals surface area (Å²) < 4.78 is 0. The third kappa shape index (κ3) is 3.24. The smallest absolute Gasteiger partial charge is 0.136 e. The van der Waals surface area contributed by atoms with Gasteiger partial charge >= 0.3 is 0 Å². The minimum atomic E-state index is 0.357. The van der Waals surface area contributed by atoms with Crippen molar-refractivity contribution in [1.82, 2.24) is 9.97 Å². The van der Waals surface area contributed by atoms with Crippen LogP contribution in [0, 0.1) is 6.92 Å². The Hall–Kier alpha value is -1.53. The van der Waals surface area contributed by atoms with E-state index < -0.39 is 0 Å². The van der Waals surface area contributed by atoms with Crippen LogP contribution < -0.4 is 11.1 Å². The number of thiocarbonyl (C=S) groups is 1. The molecule has 2 rings (SSSR count). The molecule has 0 spiro atoms. The van der Waals surface area contributed by atoms with Crippen molar-refractivity contribution in [2.45, 2.75) is 13.3 Å². The van der Waals surface area contributed by atoms with Gasteiger partial charge in [-0.15, -0.1) is 11.3 Å². The molecule has 0 unspecified atom stereocenters. The van der Waals surface area contributed by atoms with Gasteiger partial charge in [0, 0.05) is 24.5 Å². The topological polar surface area (TPSA) is 63.8 Å². The first-order chi connectivity index (χ1) is 8.66. The highest BCUT2D eigenvalue weighted by Crippen LogP contribution is 2.12. The maximum atomic E-state index is 5.64. The van der Waals surface area contributed by atoms with Crippen LogP contribution in [0.15, 0.2) is 23.7 Å². The number of pyridine rings is 1. The molecule has 0 saturated carbocycles. The lowest BCUT2D eigenvalue weighted by Crippen LogP contribution is -2.15. The van der Waals surface area contributed by atoms with E-state index in [9.17, 15) is 0 Å². The largest absolute Gasteiger partial charge is 0.389 e. The molecule has 0 saturated heterocycles. The quantitative estimate of drug-likeness (QED) is 0.820. The molecule has 0 amide bonds. The van der Waals surface area contributed by atoms with Crippen molar-refractivity contribution >= 4 is 34.4 Å². The molecule has 18 heavy (non-hydrogen) atoms. The number of rotatable bonds is 5. The average molecular weight is 278 g/mol. The number of nitrogens with two attached hydrogens (primary N) is 1. The number of hydrogen-bond acceptors (Lipinski definition) is 5. The maximum Gasteiger partial charge on any atom is 0.136 e. The van der Waals surface area contributed by atoms with Gasteiger partial charge in [-0.05, 0) is 19.1 Å². The SMILES string of the molecule is Cc1nc(CCNc2ncccc2C(N)=S)cs1. The molecular weight excluding hydrogens is 264 g/mol. The predicted octanol–water partition coefficient (Wildman–Crippen LogP) is 2.14. The van der Waals surface area contributed by atoms with Crippen molar-refractivity contribution in [1.29, 1.82) is 0 Å². The van der Waals surface area contributed by atoms with E-state index in [1.807, 2.05) is 19.1 Å². The molecule has 0 atom stereocenters. The fourth-order valence-corrected chi connectivity index (χ4v) is 2.39. The molecule has 0 radical (unpaired) electrons. The zero-order valence-corrected chi connectivity index (χ0v) is 11.6. The second-order valence-electron chi connectivity index (χ2n) is 3.80. The van der Waals surface area contributed by atoms with Crippen LogP contribution in [0.25, 0.3) is 0 Å². The van der Waals surface area contributed by atoms with Gasteiger partial charge in [-0.1, -0.05) is 12.2 Å². The van der Waals surface area contributed by atoms with E-state index in [1.165, 1.54) is 0 Å². The zero-order chi connectivity index (χ0) is 13.0. The van der Waals surface area contributed by atoms with E-state index in [-0.39, 0.29) is 0 Å². The Morgan fingerprint density at radius 3 is 3.06 bits per heavy atom. The molecule has 0 aliphatic rings. The van der Waals surface area contributed by atoms with E-state index in [4.69, 9.17) is 18.0 Å². The summed E-state index contributed by atoms with van der Waals surface area (Å²) in [5.41, 5.74) is 7.52. The van der Waals surface area contributed by atoms with Gasteiger partial charge in [0.25, 0.3) is 0 Å². The minimum absolute atomic E-state index is 0.357. The van der Waals surface area contributed by atoms with E-state index in [2.05, 4.69) is 20.7 Å². The Morgan fingerprint density at radius 1 is 1.56 bits per heavy atom.